The van der Waals surface area contributed by atoms with Crippen molar-refractivity contribution in [3.63, 3.8) is 0 Å². The zero-order chi connectivity index (χ0) is 17.6. The van der Waals surface area contributed by atoms with E-state index in [4.69, 9.17) is 4.74 Å². The van der Waals surface area contributed by atoms with Crippen molar-refractivity contribution in [1.29, 1.82) is 0 Å². The Labute approximate surface area is 146 Å². The summed E-state index contributed by atoms with van der Waals surface area (Å²) in [4.78, 5) is 13.8. The van der Waals surface area contributed by atoms with E-state index in [0.717, 1.165) is 4.47 Å². The largest absolute Gasteiger partial charge is 0.444 e. The molecule has 1 aromatic carbocycles. The number of amides is 1. The number of halogens is 2. The molecule has 0 radical (unpaired) electrons. The fourth-order valence-electron chi connectivity index (χ4n) is 1.97. The Kier molecular flexibility index (Phi) is 7.48. The molecule has 0 spiro atoms. The van der Waals surface area contributed by atoms with E-state index in [-0.39, 0.29) is 18.0 Å². The molecule has 0 fully saturated rings. The molecule has 0 bridgehead atoms. The molecule has 0 heterocycles. The summed E-state index contributed by atoms with van der Waals surface area (Å²) >= 11 is 3.23. The van der Waals surface area contributed by atoms with Crippen molar-refractivity contribution >= 4 is 22.0 Å². The first kappa shape index (κ1) is 19.9. The van der Waals surface area contributed by atoms with Crippen LogP contribution in [-0.4, -0.2) is 35.7 Å². The molecule has 6 heteroatoms. The van der Waals surface area contributed by atoms with Crippen molar-refractivity contribution < 1.29 is 13.9 Å². The number of nitrogens with zero attached hydrogens (tertiary/aromatic N) is 1. The van der Waals surface area contributed by atoms with Crippen LogP contribution in [0.3, 0.4) is 0 Å². The third kappa shape index (κ3) is 7.31. The average Bonchev–Trinajstić information content (AvgIpc) is 2.38. The van der Waals surface area contributed by atoms with Gasteiger partial charge in [-0.05, 0) is 46.8 Å². The molecule has 0 aliphatic rings. The predicted octanol–water partition coefficient (Wildman–Crippen LogP) is 4.32. The minimum absolute atomic E-state index is 0.0380. The minimum Gasteiger partial charge on any atom is -0.444 e. The summed E-state index contributed by atoms with van der Waals surface area (Å²) in [5.41, 5.74) is 0.0830. The molecule has 0 atom stereocenters. The van der Waals surface area contributed by atoms with Crippen molar-refractivity contribution in [2.75, 3.05) is 13.1 Å². The Bertz CT molecular complexity index is 530. The number of benzene rings is 1. The van der Waals surface area contributed by atoms with E-state index in [0.29, 0.717) is 25.2 Å². The smallest absolute Gasteiger partial charge is 0.410 e. The lowest BCUT2D eigenvalue weighted by Gasteiger charge is -2.30. The standard InChI is InChI=1S/C17H26BrFN2O2/c1-12(2)21(16(22)23-17(3,4)5)9-8-20-11-13-6-7-14(18)10-15(13)19/h6-7,10,12,20H,8-9,11H2,1-5H3. The molecule has 0 unspecified atom stereocenters. The summed E-state index contributed by atoms with van der Waals surface area (Å²) in [6, 6.07) is 5.02. The van der Waals surface area contributed by atoms with E-state index in [9.17, 15) is 9.18 Å². The zero-order valence-electron chi connectivity index (χ0n) is 14.5. The Morgan fingerprint density at radius 1 is 1.39 bits per heavy atom. The summed E-state index contributed by atoms with van der Waals surface area (Å²) in [7, 11) is 0. The number of rotatable bonds is 6. The Morgan fingerprint density at radius 2 is 2.04 bits per heavy atom. The van der Waals surface area contributed by atoms with Crippen molar-refractivity contribution in [3.05, 3.63) is 34.1 Å². The summed E-state index contributed by atoms with van der Waals surface area (Å²) < 4.78 is 19.8. The second-order valence-electron chi connectivity index (χ2n) is 6.68. The molecule has 1 N–H and O–H groups in total. The van der Waals surface area contributed by atoms with Gasteiger partial charge in [0.25, 0.3) is 0 Å². The topological polar surface area (TPSA) is 41.6 Å². The van der Waals surface area contributed by atoms with Crippen LogP contribution in [-0.2, 0) is 11.3 Å². The molecule has 0 aromatic heterocycles. The number of nitrogens with one attached hydrogen (secondary N) is 1. The lowest BCUT2D eigenvalue weighted by Crippen LogP contribution is -2.44. The second kappa shape index (κ2) is 8.64. The average molecular weight is 389 g/mol. The summed E-state index contributed by atoms with van der Waals surface area (Å²) in [5, 5.41) is 3.16. The van der Waals surface area contributed by atoms with E-state index < -0.39 is 5.60 Å². The van der Waals surface area contributed by atoms with Crippen LogP contribution in [0.5, 0.6) is 0 Å². The molecular formula is C17H26BrFN2O2. The third-order valence-corrected chi connectivity index (χ3v) is 3.60. The maximum atomic E-state index is 13.7. The van der Waals surface area contributed by atoms with E-state index in [1.807, 2.05) is 34.6 Å². The summed E-state index contributed by atoms with van der Waals surface area (Å²) in [6.45, 7) is 10.9. The van der Waals surface area contributed by atoms with Gasteiger partial charge in [0, 0.05) is 35.7 Å². The van der Waals surface area contributed by atoms with Gasteiger partial charge in [0.2, 0.25) is 0 Å². The van der Waals surface area contributed by atoms with Gasteiger partial charge in [-0.2, -0.15) is 0 Å². The number of hydrogen-bond acceptors (Lipinski definition) is 3. The molecule has 0 aliphatic heterocycles. The molecule has 4 nitrogen and oxygen atoms in total. The third-order valence-electron chi connectivity index (χ3n) is 3.11. The van der Waals surface area contributed by atoms with Gasteiger partial charge >= 0.3 is 6.09 Å². The van der Waals surface area contributed by atoms with Gasteiger partial charge in [-0.15, -0.1) is 0 Å². The van der Waals surface area contributed by atoms with Crippen LogP contribution in [0.2, 0.25) is 0 Å². The molecule has 23 heavy (non-hydrogen) atoms. The van der Waals surface area contributed by atoms with E-state index >= 15 is 0 Å². The highest BCUT2D eigenvalue weighted by Gasteiger charge is 2.23. The van der Waals surface area contributed by atoms with E-state index in [1.165, 1.54) is 6.07 Å². The van der Waals surface area contributed by atoms with Gasteiger partial charge in [-0.25, -0.2) is 9.18 Å². The Hall–Kier alpha value is -1.14. The molecule has 130 valence electrons. The second-order valence-corrected chi connectivity index (χ2v) is 7.60. The molecule has 1 aromatic rings. The predicted molar refractivity (Wildman–Crippen MR) is 93.9 cm³/mol. The van der Waals surface area contributed by atoms with Crippen LogP contribution in [0.4, 0.5) is 9.18 Å². The number of carbonyl (C=O) groups excluding carboxylic acids is 1. The summed E-state index contributed by atoms with van der Waals surface area (Å²) in [5.74, 6) is -0.250. The van der Waals surface area contributed by atoms with Crippen LogP contribution in [0.15, 0.2) is 22.7 Å². The number of ether oxygens (including phenoxy) is 1. The maximum Gasteiger partial charge on any atom is 0.410 e. The highest BCUT2D eigenvalue weighted by Crippen LogP contribution is 2.15. The van der Waals surface area contributed by atoms with Crippen molar-refractivity contribution in [2.24, 2.45) is 0 Å². The molecule has 0 saturated heterocycles. The highest BCUT2D eigenvalue weighted by atomic mass is 79.9. The molecule has 0 aliphatic carbocycles. The van der Waals surface area contributed by atoms with Gasteiger partial charge < -0.3 is 15.0 Å². The SMILES string of the molecule is CC(C)N(CCNCc1ccc(Br)cc1F)C(=O)OC(C)(C)C. The van der Waals surface area contributed by atoms with E-state index in [1.54, 1.807) is 17.0 Å². The Morgan fingerprint density at radius 3 is 2.57 bits per heavy atom. The van der Waals surface area contributed by atoms with Crippen LogP contribution < -0.4 is 5.32 Å². The van der Waals surface area contributed by atoms with Crippen LogP contribution in [0.1, 0.15) is 40.2 Å². The normalized spacial score (nSPS) is 11.7. The summed E-state index contributed by atoms with van der Waals surface area (Å²) in [6.07, 6.45) is -0.330. The first-order chi connectivity index (χ1) is 10.6. The minimum atomic E-state index is -0.516. The lowest BCUT2D eigenvalue weighted by atomic mass is 10.2. The first-order valence-corrected chi connectivity index (χ1v) is 8.53. The molecule has 1 rings (SSSR count). The van der Waals surface area contributed by atoms with Crippen LogP contribution in [0.25, 0.3) is 0 Å². The monoisotopic (exact) mass is 388 g/mol. The lowest BCUT2D eigenvalue weighted by molar-refractivity contribution is 0.0193. The molecule has 1 amide bonds. The van der Waals surface area contributed by atoms with Crippen LogP contribution in [0, 0.1) is 5.82 Å². The van der Waals surface area contributed by atoms with Crippen molar-refractivity contribution in [2.45, 2.75) is 52.8 Å². The van der Waals surface area contributed by atoms with Gasteiger partial charge in [-0.1, -0.05) is 22.0 Å². The van der Waals surface area contributed by atoms with Crippen molar-refractivity contribution in [1.82, 2.24) is 10.2 Å². The van der Waals surface area contributed by atoms with Crippen molar-refractivity contribution in [3.8, 4) is 0 Å². The quantitative estimate of drug-likeness (QED) is 0.737. The van der Waals surface area contributed by atoms with E-state index in [2.05, 4.69) is 21.2 Å². The number of carbonyl (C=O) groups is 1. The molecular weight excluding hydrogens is 363 g/mol. The highest BCUT2D eigenvalue weighted by molar-refractivity contribution is 9.10. The Balaban J connectivity index is 2.48. The fourth-order valence-corrected chi connectivity index (χ4v) is 2.30. The zero-order valence-corrected chi connectivity index (χ0v) is 16.0. The first-order valence-electron chi connectivity index (χ1n) is 7.74. The molecule has 0 saturated carbocycles. The van der Waals surface area contributed by atoms with Gasteiger partial charge in [0.05, 0.1) is 0 Å². The van der Waals surface area contributed by atoms with Gasteiger partial charge in [0.1, 0.15) is 11.4 Å². The van der Waals surface area contributed by atoms with Crippen LogP contribution >= 0.6 is 15.9 Å². The number of hydrogen-bond donors (Lipinski definition) is 1. The fraction of sp³-hybridized carbons (Fsp3) is 0.588. The van der Waals surface area contributed by atoms with Gasteiger partial charge in [0.15, 0.2) is 0 Å². The van der Waals surface area contributed by atoms with Gasteiger partial charge in [-0.3, -0.25) is 0 Å². The maximum absolute atomic E-state index is 13.7.